The van der Waals surface area contributed by atoms with Gasteiger partial charge in [0, 0.05) is 0 Å². The average molecular weight is 213 g/mol. The zero-order valence-corrected chi connectivity index (χ0v) is 9.54. The second kappa shape index (κ2) is 6.46. The average Bonchev–Trinajstić information content (AvgIpc) is 2.32. The summed E-state index contributed by atoms with van der Waals surface area (Å²) in [6.07, 6.45) is 9.67. The molecule has 0 amide bonds. The van der Waals surface area contributed by atoms with E-state index in [9.17, 15) is 0 Å². The van der Waals surface area contributed by atoms with Gasteiger partial charge in [-0.2, -0.15) is 0 Å². The van der Waals surface area contributed by atoms with Gasteiger partial charge in [0.25, 0.3) is 0 Å². The maximum atomic E-state index is 5.74. The molecule has 15 heavy (non-hydrogen) atoms. The van der Waals surface area contributed by atoms with E-state index >= 15 is 0 Å². The topological polar surface area (TPSA) is 30.5 Å². The van der Waals surface area contributed by atoms with Crippen LogP contribution in [0.3, 0.4) is 0 Å². The van der Waals surface area contributed by atoms with Crippen LogP contribution in [0.4, 0.5) is 0 Å². The Hall–Kier alpha value is -0.120. The van der Waals surface area contributed by atoms with Crippen molar-refractivity contribution < 1.29 is 9.47 Å². The summed E-state index contributed by atoms with van der Waals surface area (Å²) in [6.45, 7) is 2.69. The van der Waals surface area contributed by atoms with E-state index in [0.29, 0.717) is 19.0 Å². The number of hydrogen-bond donors (Lipinski definition) is 1. The quantitative estimate of drug-likeness (QED) is 0.725. The Morgan fingerprint density at radius 2 is 1.40 bits per heavy atom. The first-order valence-corrected chi connectivity index (χ1v) is 6.39. The molecule has 1 saturated heterocycles. The molecule has 1 heterocycles. The van der Waals surface area contributed by atoms with E-state index in [1.165, 1.54) is 32.1 Å². The van der Waals surface area contributed by atoms with Crippen LogP contribution < -0.4 is 5.32 Å². The molecule has 1 saturated carbocycles. The molecule has 3 nitrogen and oxygen atoms in total. The van der Waals surface area contributed by atoms with Gasteiger partial charge in [0.05, 0.1) is 12.2 Å². The molecule has 2 aliphatic rings. The lowest BCUT2D eigenvalue weighted by Crippen LogP contribution is -2.33. The van der Waals surface area contributed by atoms with Gasteiger partial charge in [0.1, 0.15) is 6.79 Å². The lowest BCUT2D eigenvalue weighted by molar-refractivity contribution is -0.129. The van der Waals surface area contributed by atoms with E-state index < -0.39 is 0 Å². The van der Waals surface area contributed by atoms with E-state index in [4.69, 9.17) is 9.47 Å². The molecule has 0 atom stereocenters. The maximum Gasteiger partial charge on any atom is 0.147 e. The zero-order chi connectivity index (χ0) is 10.3. The Morgan fingerprint density at radius 1 is 0.800 bits per heavy atom. The highest BCUT2D eigenvalue weighted by molar-refractivity contribution is 4.68. The van der Waals surface area contributed by atoms with Gasteiger partial charge in [-0.3, -0.25) is 0 Å². The molecule has 0 aromatic heterocycles. The highest BCUT2D eigenvalue weighted by Crippen LogP contribution is 2.20. The van der Waals surface area contributed by atoms with Crippen LogP contribution in [0.15, 0.2) is 0 Å². The molecule has 0 spiro atoms. The Labute approximate surface area is 92.5 Å². The molecule has 3 heteroatoms. The normalized spacial score (nSPS) is 25.6. The van der Waals surface area contributed by atoms with Gasteiger partial charge in [0.15, 0.2) is 0 Å². The molecule has 0 bridgehead atoms. The monoisotopic (exact) mass is 213 g/mol. The van der Waals surface area contributed by atoms with Crippen LogP contribution in [-0.2, 0) is 9.47 Å². The van der Waals surface area contributed by atoms with Gasteiger partial charge < -0.3 is 14.8 Å². The summed E-state index contributed by atoms with van der Waals surface area (Å²) in [4.78, 5) is 0. The highest BCUT2D eigenvalue weighted by Gasteiger charge is 2.16. The molecule has 1 N–H and O–H groups in total. The van der Waals surface area contributed by atoms with Crippen LogP contribution in [0.5, 0.6) is 0 Å². The predicted octanol–water partition coefficient (Wildman–Crippen LogP) is 2.06. The molecule has 0 aromatic rings. The van der Waals surface area contributed by atoms with Gasteiger partial charge in [-0.05, 0) is 38.8 Å². The lowest BCUT2D eigenvalue weighted by Gasteiger charge is -2.26. The van der Waals surface area contributed by atoms with E-state index in [2.05, 4.69) is 5.32 Å². The Morgan fingerprint density at radius 3 is 2.07 bits per heavy atom. The highest BCUT2D eigenvalue weighted by atomic mass is 16.7. The summed E-state index contributed by atoms with van der Waals surface area (Å²) in [5.41, 5.74) is 0. The second-order valence-corrected chi connectivity index (χ2v) is 4.66. The second-order valence-electron chi connectivity index (χ2n) is 4.66. The predicted molar refractivity (Wildman–Crippen MR) is 59.8 cm³/mol. The molecule has 88 valence electrons. The van der Waals surface area contributed by atoms with Crippen molar-refractivity contribution in [2.45, 2.75) is 57.2 Å². The number of rotatable bonds is 4. The van der Waals surface area contributed by atoms with Crippen molar-refractivity contribution in [2.24, 2.45) is 0 Å². The third kappa shape index (κ3) is 4.09. The van der Waals surface area contributed by atoms with Crippen molar-refractivity contribution in [3.63, 3.8) is 0 Å². The number of piperidine rings is 1. The van der Waals surface area contributed by atoms with Crippen molar-refractivity contribution in [1.29, 1.82) is 0 Å². The molecular formula is C12H23NO2. The molecular weight excluding hydrogens is 190 g/mol. The summed E-state index contributed by atoms with van der Waals surface area (Å²) >= 11 is 0. The number of nitrogens with one attached hydrogen (secondary N) is 1. The Balaban J connectivity index is 1.53. The van der Waals surface area contributed by atoms with Crippen LogP contribution in [-0.4, -0.2) is 32.1 Å². The fraction of sp³-hybridized carbons (Fsp3) is 1.00. The first kappa shape index (κ1) is 11.4. The van der Waals surface area contributed by atoms with E-state index in [1.807, 2.05) is 0 Å². The van der Waals surface area contributed by atoms with Crippen LogP contribution in [0.1, 0.15) is 44.9 Å². The van der Waals surface area contributed by atoms with Gasteiger partial charge in [-0.15, -0.1) is 0 Å². The van der Waals surface area contributed by atoms with E-state index in [-0.39, 0.29) is 0 Å². The van der Waals surface area contributed by atoms with Crippen LogP contribution in [0, 0.1) is 0 Å². The van der Waals surface area contributed by atoms with Crippen molar-refractivity contribution in [1.82, 2.24) is 5.32 Å². The van der Waals surface area contributed by atoms with E-state index in [0.717, 1.165) is 25.9 Å². The molecule has 2 rings (SSSR count). The molecule has 0 aromatic carbocycles. The largest absolute Gasteiger partial charge is 0.352 e. The minimum Gasteiger partial charge on any atom is -0.352 e. The number of hydrogen-bond acceptors (Lipinski definition) is 3. The molecule has 0 unspecified atom stereocenters. The van der Waals surface area contributed by atoms with Crippen molar-refractivity contribution in [3.05, 3.63) is 0 Å². The zero-order valence-electron chi connectivity index (χ0n) is 9.54. The first-order chi connectivity index (χ1) is 7.45. The summed E-state index contributed by atoms with van der Waals surface area (Å²) in [6, 6.07) is 0. The third-order valence-corrected chi connectivity index (χ3v) is 3.45. The van der Waals surface area contributed by atoms with Gasteiger partial charge in [0.2, 0.25) is 0 Å². The van der Waals surface area contributed by atoms with Gasteiger partial charge >= 0.3 is 0 Å². The lowest BCUT2D eigenvalue weighted by atomic mass is 9.98. The minimum atomic E-state index is 0.426. The van der Waals surface area contributed by atoms with Crippen molar-refractivity contribution >= 4 is 0 Å². The molecule has 0 radical (unpaired) electrons. The van der Waals surface area contributed by atoms with Gasteiger partial charge in [-0.25, -0.2) is 0 Å². The first-order valence-electron chi connectivity index (χ1n) is 6.39. The van der Waals surface area contributed by atoms with Gasteiger partial charge in [-0.1, -0.05) is 19.3 Å². The van der Waals surface area contributed by atoms with Crippen molar-refractivity contribution in [3.8, 4) is 0 Å². The van der Waals surface area contributed by atoms with Crippen LogP contribution >= 0.6 is 0 Å². The smallest absolute Gasteiger partial charge is 0.147 e. The van der Waals surface area contributed by atoms with Crippen LogP contribution in [0.25, 0.3) is 0 Å². The number of ether oxygens (including phenoxy) is 2. The SMILES string of the molecule is C1CCC(OCOC2CCNCC2)CC1. The standard InChI is InChI=1S/C12H23NO2/c1-2-4-11(5-3-1)14-10-15-12-6-8-13-9-7-12/h11-13H,1-10H2. The molecule has 1 aliphatic heterocycles. The summed E-state index contributed by atoms with van der Waals surface area (Å²) < 4.78 is 11.5. The minimum absolute atomic E-state index is 0.426. The third-order valence-electron chi connectivity index (χ3n) is 3.45. The summed E-state index contributed by atoms with van der Waals surface area (Å²) in [5.74, 6) is 0. The Bertz CT molecular complexity index is 145. The molecule has 1 aliphatic carbocycles. The summed E-state index contributed by atoms with van der Waals surface area (Å²) in [5, 5.41) is 3.33. The van der Waals surface area contributed by atoms with Crippen molar-refractivity contribution in [2.75, 3.05) is 19.9 Å². The molecule has 2 fully saturated rings. The van der Waals surface area contributed by atoms with Crippen LogP contribution in [0.2, 0.25) is 0 Å². The van der Waals surface area contributed by atoms with E-state index in [1.54, 1.807) is 0 Å². The summed E-state index contributed by atoms with van der Waals surface area (Å²) in [7, 11) is 0. The fourth-order valence-electron chi connectivity index (χ4n) is 2.43. The Kier molecular flexibility index (Phi) is 4.90. The maximum absolute atomic E-state index is 5.74. The fourth-order valence-corrected chi connectivity index (χ4v) is 2.43.